The molecule has 4 rings (SSSR count). The van der Waals surface area contributed by atoms with Crippen molar-refractivity contribution < 1.29 is 5.11 Å². The SMILES string of the molecule is C[C@H]1CNCCN(c2ncc3ccc(C(O)Nc4cn(C)nc4C#N)n3n2)C1. The van der Waals surface area contributed by atoms with Crippen molar-refractivity contribution in [1.29, 1.82) is 5.26 Å². The number of hydrogen-bond donors (Lipinski definition) is 3. The van der Waals surface area contributed by atoms with Gasteiger partial charge in [0.2, 0.25) is 5.95 Å². The first kappa shape index (κ1) is 18.2. The first-order valence-electron chi connectivity index (χ1n) is 9.24. The van der Waals surface area contributed by atoms with Crippen molar-refractivity contribution in [2.75, 3.05) is 36.4 Å². The minimum Gasteiger partial charge on any atom is -0.368 e. The van der Waals surface area contributed by atoms with Crippen molar-refractivity contribution in [2.24, 2.45) is 13.0 Å². The van der Waals surface area contributed by atoms with E-state index in [9.17, 15) is 10.4 Å². The summed E-state index contributed by atoms with van der Waals surface area (Å²) in [5.74, 6) is 1.12. The predicted molar refractivity (Wildman–Crippen MR) is 104 cm³/mol. The second-order valence-electron chi connectivity index (χ2n) is 7.13. The van der Waals surface area contributed by atoms with Gasteiger partial charge in [-0.15, -0.1) is 5.10 Å². The smallest absolute Gasteiger partial charge is 0.243 e. The van der Waals surface area contributed by atoms with Crippen LogP contribution in [0.15, 0.2) is 24.5 Å². The van der Waals surface area contributed by atoms with Crippen molar-refractivity contribution in [3.63, 3.8) is 0 Å². The molecule has 0 spiro atoms. The third-order valence-electron chi connectivity index (χ3n) is 4.79. The van der Waals surface area contributed by atoms with Gasteiger partial charge in [-0.25, -0.2) is 9.50 Å². The molecule has 0 aliphatic carbocycles. The largest absolute Gasteiger partial charge is 0.368 e. The molecule has 1 unspecified atom stereocenters. The maximum Gasteiger partial charge on any atom is 0.243 e. The minimum absolute atomic E-state index is 0.226. The fraction of sp³-hybridized carbons (Fsp3) is 0.444. The number of nitrogens with one attached hydrogen (secondary N) is 2. The number of rotatable bonds is 4. The Morgan fingerprint density at radius 3 is 3.07 bits per heavy atom. The molecule has 28 heavy (non-hydrogen) atoms. The lowest BCUT2D eigenvalue weighted by atomic mass is 10.2. The average molecular weight is 381 g/mol. The summed E-state index contributed by atoms with van der Waals surface area (Å²) in [4.78, 5) is 6.66. The zero-order valence-corrected chi connectivity index (χ0v) is 15.9. The number of nitrogens with zero attached hydrogens (tertiary/aromatic N) is 7. The van der Waals surface area contributed by atoms with Crippen LogP contribution in [-0.4, -0.2) is 55.7 Å². The van der Waals surface area contributed by atoms with Crippen LogP contribution in [0.25, 0.3) is 5.52 Å². The number of aliphatic hydroxyl groups excluding tert-OH is 1. The molecule has 1 aliphatic rings. The third kappa shape index (κ3) is 3.49. The Bertz CT molecular complexity index is 1020. The summed E-state index contributed by atoms with van der Waals surface area (Å²) in [6, 6.07) is 5.66. The van der Waals surface area contributed by atoms with Crippen LogP contribution < -0.4 is 15.5 Å². The van der Waals surface area contributed by atoms with Crippen LogP contribution in [0.2, 0.25) is 0 Å². The van der Waals surface area contributed by atoms with Gasteiger partial charge in [-0.3, -0.25) is 4.68 Å². The van der Waals surface area contributed by atoms with Crippen LogP contribution in [-0.2, 0) is 7.05 Å². The molecule has 2 atom stereocenters. The number of aliphatic hydroxyl groups is 1. The molecule has 0 amide bonds. The van der Waals surface area contributed by atoms with E-state index < -0.39 is 6.23 Å². The van der Waals surface area contributed by atoms with E-state index in [1.165, 1.54) is 4.68 Å². The maximum atomic E-state index is 10.7. The summed E-state index contributed by atoms with van der Waals surface area (Å²) in [6.07, 6.45) is 2.36. The number of aromatic nitrogens is 5. The van der Waals surface area contributed by atoms with Gasteiger partial charge in [-0.1, -0.05) is 6.92 Å². The number of fused-ring (bicyclic) bond motifs is 1. The lowest BCUT2D eigenvalue weighted by Crippen LogP contribution is -2.31. The van der Waals surface area contributed by atoms with Gasteiger partial charge in [0.15, 0.2) is 11.9 Å². The van der Waals surface area contributed by atoms with E-state index in [0.717, 1.165) is 31.7 Å². The molecular weight excluding hydrogens is 358 g/mol. The standard InChI is InChI=1S/C18H23N9O/c1-12-8-20-5-6-26(10-12)18-21-9-13-3-4-16(27(13)24-18)17(28)22-15-11-25(2)23-14(15)7-19/h3-4,9,11-12,17,20,22,28H,5-6,8,10H2,1-2H3/t12-,17?/m0/s1. The van der Waals surface area contributed by atoms with Gasteiger partial charge in [0, 0.05) is 32.9 Å². The summed E-state index contributed by atoms with van der Waals surface area (Å²) in [5, 5.41) is 35.0. The van der Waals surface area contributed by atoms with Crippen LogP contribution in [0, 0.1) is 17.2 Å². The van der Waals surface area contributed by atoms with Crippen LogP contribution >= 0.6 is 0 Å². The van der Waals surface area contributed by atoms with E-state index in [4.69, 9.17) is 0 Å². The quantitative estimate of drug-likeness (QED) is 0.559. The van der Waals surface area contributed by atoms with Crippen molar-refractivity contribution in [2.45, 2.75) is 13.2 Å². The number of nitriles is 1. The molecule has 4 heterocycles. The van der Waals surface area contributed by atoms with Crippen LogP contribution in [0.4, 0.5) is 11.6 Å². The molecule has 1 fully saturated rings. The Labute approximate surface area is 162 Å². The first-order chi connectivity index (χ1) is 13.5. The molecule has 3 N–H and O–H groups in total. The summed E-state index contributed by atoms with van der Waals surface area (Å²) >= 11 is 0. The Balaban J connectivity index is 1.63. The van der Waals surface area contributed by atoms with Crippen molar-refractivity contribution >= 4 is 17.2 Å². The highest BCUT2D eigenvalue weighted by Crippen LogP contribution is 2.22. The highest BCUT2D eigenvalue weighted by Gasteiger charge is 2.20. The van der Waals surface area contributed by atoms with Gasteiger partial charge in [-0.05, 0) is 24.6 Å². The molecule has 10 heteroatoms. The number of hydrogen-bond acceptors (Lipinski definition) is 8. The lowest BCUT2D eigenvalue weighted by molar-refractivity contribution is 0.201. The fourth-order valence-corrected chi connectivity index (χ4v) is 3.44. The molecule has 3 aromatic heterocycles. The molecule has 1 saturated heterocycles. The van der Waals surface area contributed by atoms with Crippen molar-refractivity contribution in [3.05, 3.63) is 35.9 Å². The second kappa shape index (κ2) is 7.46. The van der Waals surface area contributed by atoms with E-state index in [2.05, 4.69) is 37.6 Å². The number of aryl methyl sites for hydroxylation is 1. The minimum atomic E-state index is -1.05. The second-order valence-corrected chi connectivity index (χ2v) is 7.13. The van der Waals surface area contributed by atoms with E-state index in [-0.39, 0.29) is 5.69 Å². The first-order valence-corrected chi connectivity index (χ1v) is 9.24. The Kier molecular flexibility index (Phi) is 4.85. The van der Waals surface area contributed by atoms with Gasteiger partial charge in [-0.2, -0.15) is 10.4 Å². The van der Waals surface area contributed by atoms with Crippen LogP contribution in [0.3, 0.4) is 0 Å². The Hall–Kier alpha value is -3.16. The molecule has 0 radical (unpaired) electrons. The van der Waals surface area contributed by atoms with Gasteiger partial charge < -0.3 is 20.6 Å². The van der Waals surface area contributed by atoms with E-state index in [1.807, 2.05) is 12.1 Å². The van der Waals surface area contributed by atoms with Crippen LogP contribution in [0.1, 0.15) is 24.5 Å². The molecule has 3 aromatic rings. The van der Waals surface area contributed by atoms with Gasteiger partial charge >= 0.3 is 0 Å². The summed E-state index contributed by atoms with van der Waals surface area (Å²) in [6.45, 7) is 5.75. The summed E-state index contributed by atoms with van der Waals surface area (Å²) < 4.78 is 3.21. The fourth-order valence-electron chi connectivity index (χ4n) is 3.44. The molecule has 146 valence electrons. The molecule has 0 saturated carbocycles. The zero-order chi connectivity index (χ0) is 19.7. The van der Waals surface area contributed by atoms with Gasteiger partial charge in [0.05, 0.1) is 23.1 Å². The van der Waals surface area contributed by atoms with E-state index in [1.54, 1.807) is 30.0 Å². The Morgan fingerprint density at radius 1 is 1.39 bits per heavy atom. The summed E-state index contributed by atoms with van der Waals surface area (Å²) in [5.41, 5.74) is 2.04. The Morgan fingerprint density at radius 2 is 2.25 bits per heavy atom. The topological polar surface area (TPSA) is 119 Å². The monoisotopic (exact) mass is 381 g/mol. The molecule has 10 nitrogen and oxygen atoms in total. The zero-order valence-electron chi connectivity index (χ0n) is 15.9. The highest BCUT2D eigenvalue weighted by molar-refractivity contribution is 5.54. The normalized spacial score (nSPS) is 18.6. The highest BCUT2D eigenvalue weighted by atomic mass is 16.3. The van der Waals surface area contributed by atoms with Gasteiger partial charge in [0.25, 0.3) is 0 Å². The predicted octanol–water partition coefficient (Wildman–Crippen LogP) is 0.483. The molecule has 0 bridgehead atoms. The molecular formula is C18H23N9O. The molecule has 1 aliphatic heterocycles. The van der Waals surface area contributed by atoms with Crippen molar-refractivity contribution in [3.8, 4) is 6.07 Å². The third-order valence-corrected chi connectivity index (χ3v) is 4.79. The lowest BCUT2D eigenvalue weighted by Gasteiger charge is -2.22. The van der Waals surface area contributed by atoms with Crippen molar-refractivity contribution in [1.82, 2.24) is 29.7 Å². The average Bonchev–Trinajstić information content (AvgIpc) is 3.18. The van der Waals surface area contributed by atoms with E-state index in [0.29, 0.717) is 23.2 Å². The summed E-state index contributed by atoms with van der Waals surface area (Å²) in [7, 11) is 1.72. The molecule has 0 aromatic carbocycles. The van der Waals surface area contributed by atoms with Gasteiger partial charge in [0.1, 0.15) is 6.07 Å². The maximum absolute atomic E-state index is 10.7. The van der Waals surface area contributed by atoms with E-state index >= 15 is 0 Å². The van der Waals surface area contributed by atoms with Crippen LogP contribution in [0.5, 0.6) is 0 Å². The number of anilines is 2.